The Bertz CT molecular complexity index is 1930. The molecule has 10 nitrogen and oxygen atoms in total. The van der Waals surface area contributed by atoms with Crippen LogP contribution in [0.25, 0.3) is 16.8 Å². The molecule has 0 aliphatic heterocycles. The molecule has 2 heterocycles. The number of pyridine rings is 1. The lowest BCUT2D eigenvalue weighted by molar-refractivity contribution is -0.141. The van der Waals surface area contributed by atoms with Gasteiger partial charge in [-0.15, -0.1) is 5.10 Å². The van der Waals surface area contributed by atoms with Gasteiger partial charge in [0.2, 0.25) is 5.91 Å². The lowest BCUT2D eigenvalue weighted by Crippen LogP contribution is -2.34. The normalized spacial score (nSPS) is 12.0. The third-order valence-electron chi connectivity index (χ3n) is 6.85. The second-order valence-corrected chi connectivity index (χ2v) is 10.2. The second kappa shape index (κ2) is 12.7. The molecule has 1 amide bonds. The average Bonchev–Trinajstić information content (AvgIpc) is 3.52. The summed E-state index contributed by atoms with van der Waals surface area (Å²) in [5.74, 6) is -1.57. The van der Waals surface area contributed by atoms with E-state index in [0.717, 1.165) is 10.2 Å². The highest BCUT2D eigenvalue weighted by molar-refractivity contribution is 6.31. The van der Waals surface area contributed by atoms with Crippen LogP contribution in [0.3, 0.4) is 0 Å². The Balaban J connectivity index is 1.58. The van der Waals surface area contributed by atoms with E-state index in [9.17, 15) is 32.7 Å². The fourth-order valence-corrected chi connectivity index (χ4v) is 4.83. The van der Waals surface area contributed by atoms with E-state index in [1.807, 2.05) is 6.07 Å². The number of hydrogen-bond donors (Lipinski definition) is 2. The van der Waals surface area contributed by atoms with Gasteiger partial charge in [0.15, 0.2) is 5.69 Å². The van der Waals surface area contributed by atoms with Crippen LogP contribution in [0.2, 0.25) is 5.02 Å². The van der Waals surface area contributed by atoms with Crippen LogP contribution >= 0.6 is 11.6 Å². The molecule has 5 rings (SSSR count). The van der Waals surface area contributed by atoms with Crippen LogP contribution in [0.15, 0.2) is 96.1 Å². The van der Waals surface area contributed by atoms with E-state index in [-0.39, 0.29) is 39.6 Å². The molecule has 0 aliphatic rings. The summed E-state index contributed by atoms with van der Waals surface area (Å²) >= 11 is 6.25. The van der Waals surface area contributed by atoms with E-state index in [1.54, 1.807) is 24.3 Å². The van der Waals surface area contributed by atoms with Crippen molar-refractivity contribution in [1.29, 1.82) is 0 Å². The van der Waals surface area contributed by atoms with Crippen molar-refractivity contribution >= 4 is 29.2 Å². The summed E-state index contributed by atoms with van der Waals surface area (Å²) in [6.45, 7) is 0. The van der Waals surface area contributed by atoms with Crippen molar-refractivity contribution in [3.63, 3.8) is 0 Å². The highest BCUT2D eigenvalue weighted by Gasteiger charge is 2.35. The van der Waals surface area contributed by atoms with Gasteiger partial charge in [0.25, 0.3) is 5.56 Å². The van der Waals surface area contributed by atoms with Crippen LogP contribution in [0, 0.1) is 0 Å². The summed E-state index contributed by atoms with van der Waals surface area (Å²) in [5, 5.41) is 19.0. The van der Waals surface area contributed by atoms with E-state index in [1.165, 1.54) is 66.4 Å². The standard InChI is InChI=1S/C31H23ClF3N5O5/c1-45-26-16-39(25(13-18-5-3-2-4-6-18)29(42)36-21-10-7-19(8-11-21)30(43)44)28(41)15-23(26)22-14-20(32)9-12-24(22)40-17-27(37-38-40)31(33,34)35/h2-12,14-17,25H,13H2,1H3,(H,36,42)(H,43,44). The number of hydrogen-bond acceptors (Lipinski definition) is 6. The Morgan fingerprint density at radius 3 is 2.33 bits per heavy atom. The van der Waals surface area contributed by atoms with Crippen LogP contribution in [0.5, 0.6) is 5.75 Å². The summed E-state index contributed by atoms with van der Waals surface area (Å²) in [5.41, 5.74) is -0.186. The van der Waals surface area contributed by atoms with Gasteiger partial charge >= 0.3 is 12.1 Å². The van der Waals surface area contributed by atoms with Crippen LogP contribution in [-0.4, -0.2) is 43.7 Å². The minimum absolute atomic E-state index is 0.0336. The van der Waals surface area contributed by atoms with Crippen molar-refractivity contribution in [1.82, 2.24) is 19.6 Å². The Morgan fingerprint density at radius 2 is 1.71 bits per heavy atom. The minimum atomic E-state index is -4.73. The van der Waals surface area contributed by atoms with Gasteiger partial charge < -0.3 is 15.2 Å². The summed E-state index contributed by atoms with van der Waals surface area (Å²) in [6, 6.07) is 18.9. The van der Waals surface area contributed by atoms with Crippen molar-refractivity contribution in [3.8, 4) is 22.6 Å². The zero-order valence-electron chi connectivity index (χ0n) is 23.3. The maximum absolute atomic E-state index is 13.7. The molecule has 5 aromatic rings. The van der Waals surface area contributed by atoms with Crippen molar-refractivity contribution < 1.29 is 32.6 Å². The fraction of sp³-hybridized carbons (Fsp3) is 0.129. The highest BCUT2D eigenvalue weighted by atomic mass is 35.5. The van der Waals surface area contributed by atoms with Gasteiger partial charge in [-0.3, -0.25) is 14.2 Å². The Kier molecular flexibility index (Phi) is 8.73. The summed E-state index contributed by atoms with van der Waals surface area (Å²) in [6.07, 6.45) is -2.57. The molecule has 14 heteroatoms. The molecule has 0 aliphatic carbocycles. The highest BCUT2D eigenvalue weighted by Crippen LogP contribution is 2.36. The first-order valence-corrected chi connectivity index (χ1v) is 13.6. The third kappa shape index (κ3) is 6.88. The molecule has 230 valence electrons. The number of amides is 1. The van der Waals surface area contributed by atoms with Crippen LogP contribution in [-0.2, 0) is 17.4 Å². The molecule has 1 atom stereocenters. The smallest absolute Gasteiger partial charge is 0.436 e. The zero-order chi connectivity index (χ0) is 32.3. The molecular weight excluding hydrogens is 615 g/mol. The van der Waals surface area contributed by atoms with Crippen LogP contribution in [0.1, 0.15) is 27.7 Å². The molecule has 2 aromatic heterocycles. The van der Waals surface area contributed by atoms with Gasteiger partial charge in [-0.1, -0.05) is 47.1 Å². The van der Waals surface area contributed by atoms with Gasteiger partial charge in [-0.2, -0.15) is 13.2 Å². The molecule has 0 fully saturated rings. The number of carbonyl (C=O) groups excluding carboxylic acids is 1. The zero-order valence-corrected chi connectivity index (χ0v) is 24.1. The van der Waals surface area contributed by atoms with Gasteiger partial charge in [0.05, 0.1) is 30.8 Å². The number of nitrogens with one attached hydrogen (secondary N) is 1. The lowest BCUT2D eigenvalue weighted by Gasteiger charge is -2.22. The monoisotopic (exact) mass is 637 g/mol. The molecule has 2 N–H and O–H groups in total. The molecule has 0 saturated heterocycles. The van der Waals surface area contributed by atoms with Crippen molar-refractivity contribution in [2.24, 2.45) is 0 Å². The molecule has 45 heavy (non-hydrogen) atoms. The maximum Gasteiger partial charge on any atom is 0.436 e. The molecule has 1 unspecified atom stereocenters. The van der Waals surface area contributed by atoms with Crippen molar-refractivity contribution in [2.75, 3.05) is 12.4 Å². The topological polar surface area (TPSA) is 128 Å². The number of carbonyl (C=O) groups is 2. The molecule has 0 bridgehead atoms. The van der Waals surface area contributed by atoms with E-state index in [4.69, 9.17) is 16.3 Å². The van der Waals surface area contributed by atoms with Gasteiger partial charge in [-0.25, -0.2) is 9.48 Å². The first-order chi connectivity index (χ1) is 21.4. The Morgan fingerprint density at radius 1 is 1.00 bits per heavy atom. The molecule has 0 radical (unpaired) electrons. The van der Waals surface area contributed by atoms with Gasteiger partial charge in [0.1, 0.15) is 11.8 Å². The number of anilines is 1. The Labute approximate surface area is 258 Å². The molecule has 0 spiro atoms. The van der Waals surface area contributed by atoms with E-state index in [0.29, 0.717) is 11.9 Å². The first-order valence-electron chi connectivity index (χ1n) is 13.2. The first kappa shape index (κ1) is 31.0. The van der Waals surface area contributed by atoms with E-state index >= 15 is 0 Å². The quantitative estimate of drug-likeness (QED) is 0.206. The number of rotatable bonds is 9. The number of carboxylic acids is 1. The minimum Gasteiger partial charge on any atom is -0.495 e. The third-order valence-corrected chi connectivity index (χ3v) is 7.09. The Hall–Kier alpha value is -5.43. The van der Waals surface area contributed by atoms with Crippen LogP contribution < -0.4 is 15.6 Å². The average molecular weight is 638 g/mol. The summed E-state index contributed by atoms with van der Waals surface area (Å²) in [4.78, 5) is 38.6. The van der Waals surface area contributed by atoms with Crippen molar-refractivity contribution in [3.05, 3.63) is 123 Å². The molecular formula is C31H23ClF3N5O5. The number of nitrogens with zero attached hydrogens (tertiary/aromatic N) is 4. The number of ether oxygens (including phenoxy) is 1. The fourth-order valence-electron chi connectivity index (χ4n) is 4.66. The predicted molar refractivity (Wildman–Crippen MR) is 159 cm³/mol. The number of methoxy groups -OCH3 is 1. The van der Waals surface area contributed by atoms with Gasteiger partial charge in [0, 0.05) is 34.3 Å². The summed E-state index contributed by atoms with van der Waals surface area (Å²) in [7, 11) is 1.34. The van der Waals surface area contributed by atoms with Crippen LogP contribution in [0.4, 0.5) is 18.9 Å². The molecule has 3 aromatic carbocycles. The number of carboxylic acid groups (broad SMARTS) is 1. The van der Waals surface area contributed by atoms with E-state index < -0.39 is 35.3 Å². The number of benzene rings is 3. The van der Waals surface area contributed by atoms with Gasteiger partial charge in [-0.05, 0) is 48.0 Å². The number of aromatic carboxylic acids is 1. The maximum atomic E-state index is 13.7. The number of alkyl halides is 3. The lowest BCUT2D eigenvalue weighted by atomic mass is 10.0. The van der Waals surface area contributed by atoms with Crippen molar-refractivity contribution in [2.45, 2.75) is 18.6 Å². The largest absolute Gasteiger partial charge is 0.495 e. The second-order valence-electron chi connectivity index (χ2n) is 9.79. The predicted octanol–water partition coefficient (Wildman–Crippen LogP) is 5.90. The molecule has 0 saturated carbocycles. The van der Waals surface area contributed by atoms with E-state index in [2.05, 4.69) is 15.6 Å². The SMILES string of the molecule is COc1cn(C(Cc2ccccc2)C(=O)Nc2ccc(C(=O)O)cc2)c(=O)cc1-c1cc(Cl)ccc1-n1cc(C(F)(F)F)nn1. The number of aromatic nitrogens is 4. The number of halogens is 4. The summed E-state index contributed by atoms with van der Waals surface area (Å²) < 4.78 is 47.5.